The maximum Gasteiger partial charge on any atom is 0.357 e. The summed E-state index contributed by atoms with van der Waals surface area (Å²) in [6.45, 7) is 4.01. The normalized spacial score (nSPS) is 17.0. The monoisotopic (exact) mass is 355 g/mol. The van der Waals surface area contributed by atoms with Gasteiger partial charge in [-0.1, -0.05) is 0 Å². The van der Waals surface area contributed by atoms with E-state index < -0.39 is 0 Å². The van der Waals surface area contributed by atoms with Crippen LogP contribution in [-0.4, -0.2) is 42.2 Å². The van der Waals surface area contributed by atoms with Crippen molar-refractivity contribution in [3.05, 3.63) is 41.2 Å². The number of aryl methyl sites for hydroxylation is 1. The molecule has 0 amide bonds. The van der Waals surface area contributed by atoms with E-state index in [1.807, 2.05) is 19.1 Å². The van der Waals surface area contributed by atoms with Crippen molar-refractivity contribution in [2.24, 2.45) is 0 Å². The minimum Gasteiger partial charge on any atom is -0.489 e. The fourth-order valence-electron chi connectivity index (χ4n) is 3.41. The van der Waals surface area contributed by atoms with Crippen molar-refractivity contribution in [3.63, 3.8) is 0 Å². The number of ether oxygens (including phenoxy) is 3. The second kappa shape index (κ2) is 6.82. The van der Waals surface area contributed by atoms with E-state index in [0.29, 0.717) is 18.2 Å². The van der Waals surface area contributed by atoms with Crippen LogP contribution in [0.4, 0.5) is 5.82 Å². The Hall–Kier alpha value is -2.83. The maximum absolute atomic E-state index is 11.8. The maximum atomic E-state index is 11.8. The van der Waals surface area contributed by atoms with E-state index in [-0.39, 0.29) is 12.1 Å². The van der Waals surface area contributed by atoms with Gasteiger partial charge >= 0.3 is 5.97 Å². The lowest BCUT2D eigenvalue weighted by Gasteiger charge is -2.33. The third-order valence-corrected chi connectivity index (χ3v) is 4.78. The van der Waals surface area contributed by atoms with Crippen LogP contribution in [0.1, 0.15) is 34.5 Å². The van der Waals surface area contributed by atoms with Crippen molar-refractivity contribution < 1.29 is 19.0 Å². The fraction of sp³-hybridized carbons (Fsp3) is 0.421. The highest BCUT2D eigenvalue weighted by Crippen LogP contribution is 2.28. The Kier molecular flexibility index (Phi) is 4.36. The molecule has 26 heavy (non-hydrogen) atoms. The van der Waals surface area contributed by atoms with E-state index in [1.165, 1.54) is 0 Å². The van der Waals surface area contributed by atoms with E-state index in [9.17, 15) is 4.79 Å². The first-order valence-electron chi connectivity index (χ1n) is 8.73. The number of pyridine rings is 2. The van der Waals surface area contributed by atoms with Crippen LogP contribution in [0.15, 0.2) is 24.4 Å². The van der Waals surface area contributed by atoms with Crippen molar-refractivity contribution in [1.29, 1.82) is 0 Å². The lowest BCUT2D eigenvalue weighted by Crippen LogP contribution is -2.39. The van der Waals surface area contributed by atoms with Gasteiger partial charge < -0.3 is 19.1 Å². The van der Waals surface area contributed by atoms with E-state index >= 15 is 0 Å². The lowest BCUT2D eigenvalue weighted by molar-refractivity contribution is 0.0531. The molecule has 0 saturated carbocycles. The molecular weight excluding hydrogens is 334 g/mol. The summed E-state index contributed by atoms with van der Waals surface area (Å²) >= 11 is 0. The number of esters is 1. The number of piperidine rings is 1. The van der Waals surface area contributed by atoms with Gasteiger partial charge in [0.1, 0.15) is 24.3 Å². The molecule has 2 aromatic rings. The molecule has 0 aromatic carbocycles. The summed E-state index contributed by atoms with van der Waals surface area (Å²) < 4.78 is 16.1. The van der Waals surface area contributed by atoms with Crippen LogP contribution in [0, 0.1) is 6.92 Å². The van der Waals surface area contributed by atoms with Crippen molar-refractivity contribution >= 4 is 11.8 Å². The zero-order valence-electron chi connectivity index (χ0n) is 14.9. The van der Waals surface area contributed by atoms with Gasteiger partial charge in [0.25, 0.3) is 0 Å². The summed E-state index contributed by atoms with van der Waals surface area (Å²) in [6, 6.07) is 5.67. The van der Waals surface area contributed by atoms with E-state index in [1.54, 1.807) is 19.4 Å². The Labute approximate surface area is 151 Å². The number of rotatable bonds is 4. The van der Waals surface area contributed by atoms with Crippen molar-refractivity contribution in [2.75, 3.05) is 25.1 Å². The topological polar surface area (TPSA) is 73.8 Å². The molecule has 0 N–H and O–H groups in total. The molecule has 4 rings (SSSR count). The number of cyclic esters (lactones) is 1. The highest BCUT2D eigenvalue weighted by Gasteiger charge is 2.28. The van der Waals surface area contributed by atoms with Crippen LogP contribution in [-0.2, 0) is 11.3 Å². The largest absolute Gasteiger partial charge is 0.489 e. The van der Waals surface area contributed by atoms with Gasteiger partial charge in [-0.25, -0.2) is 14.8 Å². The molecule has 0 unspecified atom stereocenters. The number of carbonyl (C=O) groups is 1. The molecule has 2 aromatic heterocycles. The van der Waals surface area contributed by atoms with Gasteiger partial charge in [-0.15, -0.1) is 0 Å². The summed E-state index contributed by atoms with van der Waals surface area (Å²) in [5, 5.41) is 0. The van der Waals surface area contributed by atoms with E-state index in [4.69, 9.17) is 14.2 Å². The van der Waals surface area contributed by atoms with Crippen molar-refractivity contribution in [3.8, 4) is 11.6 Å². The molecule has 7 nitrogen and oxygen atoms in total. The molecular formula is C19H21N3O4. The zero-order chi connectivity index (χ0) is 18.1. The second-order valence-electron chi connectivity index (χ2n) is 6.55. The first-order valence-corrected chi connectivity index (χ1v) is 8.73. The summed E-state index contributed by atoms with van der Waals surface area (Å²) in [7, 11) is 1.59. The average molecular weight is 355 g/mol. The van der Waals surface area contributed by atoms with Gasteiger partial charge in [-0.05, 0) is 24.6 Å². The third kappa shape index (κ3) is 3.16. The van der Waals surface area contributed by atoms with Crippen LogP contribution in [0.2, 0.25) is 0 Å². The molecule has 0 aliphatic carbocycles. The zero-order valence-corrected chi connectivity index (χ0v) is 14.9. The average Bonchev–Trinajstić information content (AvgIpc) is 3.02. The molecule has 2 aliphatic heterocycles. The smallest absolute Gasteiger partial charge is 0.357 e. The summed E-state index contributed by atoms with van der Waals surface area (Å²) in [6.07, 6.45) is 3.59. The van der Waals surface area contributed by atoms with Gasteiger partial charge in [-0.3, -0.25) is 0 Å². The molecule has 2 aliphatic rings. The van der Waals surface area contributed by atoms with Crippen LogP contribution in [0.3, 0.4) is 0 Å². The summed E-state index contributed by atoms with van der Waals surface area (Å²) in [5.74, 6) is 1.86. The van der Waals surface area contributed by atoms with Crippen molar-refractivity contribution in [1.82, 2.24) is 9.97 Å². The molecule has 0 spiro atoms. The summed E-state index contributed by atoms with van der Waals surface area (Å²) in [5.41, 5.74) is 2.40. The molecule has 4 heterocycles. The Morgan fingerprint density at radius 3 is 2.77 bits per heavy atom. The SMILES string of the molecule is COc1ccc(OC2CCN(c3nc4c(cc3C)COC4=O)CC2)cn1. The Bertz CT molecular complexity index is 814. The molecule has 0 atom stereocenters. The second-order valence-corrected chi connectivity index (χ2v) is 6.55. The molecule has 1 fully saturated rings. The van der Waals surface area contributed by atoms with Crippen LogP contribution in [0.5, 0.6) is 11.6 Å². The first kappa shape index (κ1) is 16.6. The minimum atomic E-state index is -0.327. The molecule has 0 radical (unpaired) electrons. The number of fused-ring (bicyclic) bond motifs is 1. The van der Waals surface area contributed by atoms with Crippen LogP contribution >= 0.6 is 0 Å². The van der Waals surface area contributed by atoms with Gasteiger partial charge in [0.05, 0.1) is 13.3 Å². The number of nitrogens with zero attached hydrogens (tertiary/aromatic N) is 3. The number of hydrogen-bond acceptors (Lipinski definition) is 7. The Balaban J connectivity index is 1.40. The molecule has 7 heteroatoms. The highest BCUT2D eigenvalue weighted by molar-refractivity contribution is 5.91. The molecule has 136 valence electrons. The summed E-state index contributed by atoms with van der Waals surface area (Å²) in [4.78, 5) is 22.7. The highest BCUT2D eigenvalue weighted by atomic mass is 16.5. The van der Waals surface area contributed by atoms with Crippen molar-refractivity contribution in [2.45, 2.75) is 32.5 Å². The standard InChI is InChI=1S/C19H21N3O4/c1-12-9-13-11-25-19(23)17(13)21-18(12)22-7-5-14(6-8-22)26-15-3-4-16(24-2)20-10-15/h3-4,9-10,14H,5-8,11H2,1-2H3. The molecule has 0 bridgehead atoms. The number of methoxy groups -OCH3 is 1. The number of carbonyl (C=O) groups excluding carboxylic acids is 1. The first-order chi connectivity index (χ1) is 12.6. The number of anilines is 1. The van der Waals surface area contributed by atoms with Gasteiger partial charge in [0.2, 0.25) is 5.88 Å². The Morgan fingerprint density at radius 1 is 1.27 bits per heavy atom. The van der Waals surface area contributed by atoms with E-state index in [0.717, 1.165) is 48.6 Å². The van der Waals surface area contributed by atoms with Gasteiger partial charge in [-0.2, -0.15) is 0 Å². The van der Waals surface area contributed by atoms with Crippen LogP contribution < -0.4 is 14.4 Å². The minimum absolute atomic E-state index is 0.140. The van der Waals surface area contributed by atoms with Gasteiger partial charge in [0.15, 0.2) is 5.69 Å². The fourth-order valence-corrected chi connectivity index (χ4v) is 3.41. The molecule has 1 saturated heterocycles. The van der Waals surface area contributed by atoms with Crippen LogP contribution in [0.25, 0.3) is 0 Å². The lowest BCUT2D eigenvalue weighted by atomic mass is 10.1. The number of aromatic nitrogens is 2. The third-order valence-electron chi connectivity index (χ3n) is 4.78. The van der Waals surface area contributed by atoms with E-state index in [2.05, 4.69) is 14.9 Å². The quantitative estimate of drug-likeness (QED) is 0.780. The van der Waals surface area contributed by atoms with Gasteiger partial charge in [0, 0.05) is 37.6 Å². The number of hydrogen-bond donors (Lipinski definition) is 0. The predicted octanol–water partition coefficient (Wildman–Crippen LogP) is 2.51. The predicted molar refractivity (Wildman–Crippen MR) is 94.7 cm³/mol. The Morgan fingerprint density at radius 2 is 2.08 bits per heavy atom.